The maximum Gasteiger partial charge on any atom is 0.167 e. The fourth-order valence-electron chi connectivity index (χ4n) is 4.80. The largest absolute Gasteiger partial charge is 0.496 e. The van der Waals surface area contributed by atoms with E-state index in [1.165, 1.54) is 22.4 Å². The number of nitrogens with one attached hydrogen (secondary N) is 1. The van der Waals surface area contributed by atoms with Crippen molar-refractivity contribution in [3.05, 3.63) is 47.0 Å². The van der Waals surface area contributed by atoms with Gasteiger partial charge in [0.15, 0.2) is 5.78 Å². The number of carbonyl (C=O) groups excluding carboxylic acids is 1. The number of ketones is 1. The van der Waals surface area contributed by atoms with E-state index in [9.17, 15) is 4.79 Å². The van der Waals surface area contributed by atoms with Crippen molar-refractivity contribution in [2.45, 2.75) is 57.9 Å². The molecule has 1 N–H and O–H groups in total. The van der Waals surface area contributed by atoms with Crippen molar-refractivity contribution >= 4 is 11.5 Å². The molecule has 2 aromatic rings. The van der Waals surface area contributed by atoms with Gasteiger partial charge in [0.05, 0.1) is 18.1 Å². The number of fused-ring (bicyclic) bond motifs is 3. The van der Waals surface area contributed by atoms with Crippen molar-refractivity contribution in [3.8, 4) is 16.9 Å². The summed E-state index contributed by atoms with van der Waals surface area (Å²) in [6.45, 7) is 8.11. The number of carbonyl (C=O) groups is 1. The fourth-order valence-corrected chi connectivity index (χ4v) is 4.80. The SMILES string of the molecule is COc1ccccc1-c1cc2c(c3c1CCC3)NC(C)(C)C(=O)C2(C)C. The van der Waals surface area contributed by atoms with Crippen LogP contribution in [0.3, 0.4) is 0 Å². The quantitative estimate of drug-likeness (QED) is 0.838. The molecule has 0 fully saturated rings. The number of anilines is 1. The van der Waals surface area contributed by atoms with Gasteiger partial charge in [-0.25, -0.2) is 0 Å². The minimum Gasteiger partial charge on any atom is -0.496 e. The third-order valence-corrected chi connectivity index (χ3v) is 6.05. The maximum absolute atomic E-state index is 13.1. The normalized spacial score (nSPS) is 19.5. The Labute approximate surface area is 155 Å². The average Bonchev–Trinajstić information content (AvgIpc) is 3.10. The Balaban J connectivity index is 2.03. The molecular weight excluding hydrogens is 322 g/mol. The third-order valence-electron chi connectivity index (χ3n) is 6.05. The standard InChI is InChI=1S/C23H27NO2/c1-22(2)18-13-17(15-9-6-7-12-19(15)26-5)14-10-8-11-16(14)20(18)24-23(3,4)21(22)25/h6-7,9,12-13,24H,8,10-11H2,1-5H3. The molecule has 26 heavy (non-hydrogen) atoms. The molecule has 1 aliphatic heterocycles. The van der Waals surface area contributed by atoms with E-state index in [1.807, 2.05) is 26.0 Å². The first-order chi connectivity index (χ1) is 12.3. The number of rotatable bonds is 2. The molecule has 2 aromatic carbocycles. The molecule has 0 saturated heterocycles. The summed E-state index contributed by atoms with van der Waals surface area (Å²) >= 11 is 0. The molecule has 0 spiro atoms. The van der Waals surface area contributed by atoms with Crippen molar-refractivity contribution < 1.29 is 9.53 Å². The highest BCUT2D eigenvalue weighted by molar-refractivity contribution is 6.04. The molecule has 4 rings (SSSR count). The van der Waals surface area contributed by atoms with E-state index in [4.69, 9.17) is 4.74 Å². The molecule has 3 nitrogen and oxygen atoms in total. The molecular formula is C23H27NO2. The molecule has 136 valence electrons. The van der Waals surface area contributed by atoms with Gasteiger partial charge in [0.2, 0.25) is 0 Å². The number of methoxy groups -OCH3 is 1. The van der Waals surface area contributed by atoms with Crippen LogP contribution in [0.15, 0.2) is 30.3 Å². The lowest BCUT2D eigenvalue weighted by Gasteiger charge is -2.43. The molecule has 0 saturated carbocycles. The van der Waals surface area contributed by atoms with Gasteiger partial charge in [-0.2, -0.15) is 0 Å². The van der Waals surface area contributed by atoms with Crippen LogP contribution >= 0.6 is 0 Å². The molecule has 2 aliphatic rings. The number of ether oxygens (including phenoxy) is 1. The lowest BCUT2D eigenvalue weighted by Crippen LogP contribution is -2.53. The molecule has 0 aromatic heterocycles. The fraction of sp³-hybridized carbons (Fsp3) is 0.435. The highest BCUT2D eigenvalue weighted by atomic mass is 16.5. The zero-order chi connectivity index (χ0) is 18.7. The minimum atomic E-state index is -0.543. The molecule has 0 unspecified atom stereocenters. The predicted octanol–water partition coefficient (Wildman–Crippen LogP) is 4.90. The Bertz CT molecular complexity index is 909. The molecule has 0 atom stereocenters. The number of Topliss-reactive ketones (excluding diaryl/α,β-unsaturated/α-hetero) is 1. The smallest absolute Gasteiger partial charge is 0.167 e. The zero-order valence-electron chi connectivity index (χ0n) is 16.3. The van der Waals surface area contributed by atoms with Crippen molar-refractivity contribution in [1.29, 1.82) is 0 Å². The average molecular weight is 349 g/mol. The lowest BCUT2D eigenvalue weighted by atomic mass is 9.68. The Morgan fingerprint density at radius 3 is 2.42 bits per heavy atom. The van der Waals surface area contributed by atoms with Crippen molar-refractivity contribution in [1.82, 2.24) is 0 Å². The summed E-state index contributed by atoms with van der Waals surface area (Å²) < 4.78 is 5.63. The topological polar surface area (TPSA) is 38.3 Å². The summed E-state index contributed by atoms with van der Waals surface area (Å²) in [7, 11) is 1.72. The Morgan fingerprint density at radius 2 is 1.69 bits per heavy atom. The second kappa shape index (κ2) is 5.60. The Hall–Kier alpha value is -2.29. The van der Waals surface area contributed by atoms with Crippen LogP contribution in [-0.4, -0.2) is 18.4 Å². The summed E-state index contributed by atoms with van der Waals surface area (Å²) in [6, 6.07) is 10.4. The van der Waals surface area contributed by atoms with E-state index in [1.54, 1.807) is 7.11 Å². The first-order valence-corrected chi connectivity index (χ1v) is 9.43. The predicted molar refractivity (Wildman–Crippen MR) is 106 cm³/mol. The molecule has 3 heteroatoms. The van der Waals surface area contributed by atoms with E-state index in [2.05, 4.69) is 37.4 Å². The molecule has 1 heterocycles. The van der Waals surface area contributed by atoms with Gasteiger partial charge < -0.3 is 10.1 Å². The highest BCUT2D eigenvalue weighted by Gasteiger charge is 2.47. The maximum atomic E-state index is 13.1. The molecule has 0 bridgehead atoms. The van der Waals surface area contributed by atoms with Crippen LogP contribution in [-0.2, 0) is 23.1 Å². The third kappa shape index (κ3) is 2.29. The Morgan fingerprint density at radius 1 is 1.00 bits per heavy atom. The lowest BCUT2D eigenvalue weighted by molar-refractivity contribution is -0.127. The van der Waals surface area contributed by atoms with E-state index < -0.39 is 11.0 Å². The highest BCUT2D eigenvalue weighted by Crippen LogP contribution is 2.49. The summed E-state index contributed by atoms with van der Waals surface area (Å²) in [5, 5.41) is 3.57. The van der Waals surface area contributed by atoms with Gasteiger partial charge in [0, 0.05) is 11.3 Å². The summed E-state index contributed by atoms with van der Waals surface area (Å²) in [5.41, 5.74) is 6.37. The summed E-state index contributed by atoms with van der Waals surface area (Å²) in [6.07, 6.45) is 3.30. The number of hydrogen-bond donors (Lipinski definition) is 1. The van der Waals surface area contributed by atoms with Gasteiger partial charge in [0.1, 0.15) is 5.75 Å². The van der Waals surface area contributed by atoms with Gasteiger partial charge in [0.25, 0.3) is 0 Å². The van der Waals surface area contributed by atoms with Gasteiger partial charge in [-0.3, -0.25) is 4.79 Å². The van der Waals surface area contributed by atoms with Gasteiger partial charge in [-0.1, -0.05) is 18.2 Å². The summed E-state index contributed by atoms with van der Waals surface area (Å²) in [4.78, 5) is 13.1. The van der Waals surface area contributed by atoms with E-state index >= 15 is 0 Å². The van der Waals surface area contributed by atoms with E-state index in [0.717, 1.165) is 36.1 Å². The minimum absolute atomic E-state index is 0.237. The first kappa shape index (κ1) is 17.1. The zero-order valence-corrected chi connectivity index (χ0v) is 16.3. The summed E-state index contributed by atoms with van der Waals surface area (Å²) in [5.74, 6) is 1.12. The van der Waals surface area contributed by atoms with E-state index in [0.29, 0.717) is 0 Å². The van der Waals surface area contributed by atoms with E-state index in [-0.39, 0.29) is 5.78 Å². The number of para-hydroxylation sites is 1. The van der Waals surface area contributed by atoms with Crippen molar-refractivity contribution in [2.24, 2.45) is 0 Å². The molecule has 1 aliphatic carbocycles. The van der Waals surface area contributed by atoms with Crippen LogP contribution in [0.5, 0.6) is 5.75 Å². The monoisotopic (exact) mass is 349 g/mol. The van der Waals surface area contributed by atoms with Crippen LogP contribution in [0.1, 0.15) is 50.8 Å². The van der Waals surface area contributed by atoms with Crippen molar-refractivity contribution in [3.63, 3.8) is 0 Å². The van der Waals surface area contributed by atoms with Gasteiger partial charge >= 0.3 is 0 Å². The molecule has 0 amide bonds. The van der Waals surface area contributed by atoms with Crippen LogP contribution in [0.2, 0.25) is 0 Å². The second-order valence-electron chi connectivity index (χ2n) is 8.56. The van der Waals surface area contributed by atoms with Crippen molar-refractivity contribution in [2.75, 3.05) is 12.4 Å². The second-order valence-corrected chi connectivity index (χ2v) is 8.56. The Kier molecular flexibility index (Phi) is 3.69. The molecule has 0 radical (unpaired) electrons. The van der Waals surface area contributed by atoms with Gasteiger partial charge in [-0.05, 0) is 81.3 Å². The van der Waals surface area contributed by atoms with Crippen LogP contribution in [0, 0.1) is 0 Å². The van der Waals surface area contributed by atoms with Crippen LogP contribution < -0.4 is 10.1 Å². The van der Waals surface area contributed by atoms with Crippen LogP contribution in [0.4, 0.5) is 5.69 Å². The number of hydrogen-bond acceptors (Lipinski definition) is 3. The first-order valence-electron chi connectivity index (χ1n) is 9.43. The van der Waals surface area contributed by atoms with Crippen LogP contribution in [0.25, 0.3) is 11.1 Å². The number of benzene rings is 2. The van der Waals surface area contributed by atoms with Gasteiger partial charge in [-0.15, -0.1) is 0 Å².